The van der Waals surface area contributed by atoms with Crippen LogP contribution in [0.4, 0.5) is 0 Å². The molecule has 1 aliphatic heterocycles. The molecule has 8 heteroatoms. The van der Waals surface area contributed by atoms with Crippen LogP contribution in [0.5, 0.6) is 0 Å². The third-order valence-corrected chi connectivity index (χ3v) is 4.92. The van der Waals surface area contributed by atoms with Crippen LogP contribution in [0.2, 0.25) is 0 Å². The fourth-order valence-electron chi connectivity index (χ4n) is 3.28. The number of carbonyl (C=O) groups excluding carboxylic acids is 1. The minimum Gasteiger partial charge on any atom is -0.379 e. The number of morpholine rings is 1. The Kier molecular flexibility index (Phi) is 11.5. The Morgan fingerprint density at radius 2 is 2.00 bits per heavy atom. The molecule has 0 aromatic heterocycles. The fraction of sp³-hybridized carbons (Fsp3) is 0.619. The SMILES string of the molecule is CCNC(=NCc1ccc(C(=O)N(C)C)cc1)NCC(C)N1CCOCC1C.I. The van der Waals surface area contributed by atoms with Crippen LogP contribution in [0.15, 0.2) is 29.3 Å². The first-order valence-electron chi connectivity index (χ1n) is 10.1. The fourth-order valence-corrected chi connectivity index (χ4v) is 3.28. The van der Waals surface area contributed by atoms with Gasteiger partial charge in [-0.15, -0.1) is 24.0 Å². The van der Waals surface area contributed by atoms with E-state index in [4.69, 9.17) is 4.74 Å². The van der Waals surface area contributed by atoms with Gasteiger partial charge < -0.3 is 20.3 Å². The number of hydrogen-bond acceptors (Lipinski definition) is 4. The summed E-state index contributed by atoms with van der Waals surface area (Å²) in [5, 5.41) is 6.75. The van der Waals surface area contributed by atoms with E-state index >= 15 is 0 Å². The molecule has 1 saturated heterocycles. The van der Waals surface area contributed by atoms with E-state index in [-0.39, 0.29) is 29.9 Å². The highest BCUT2D eigenvalue weighted by atomic mass is 127. The van der Waals surface area contributed by atoms with Gasteiger partial charge in [-0.2, -0.15) is 0 Å². The summed E-state index contributed by atoms with van der Waals surface area (Å²) in [4.78, 5) is 20.7. The number of carbonyl (C=O) groups is 1. The zero-order chi connectivity index (χ0) is 20.5. The van der Waals surface area contributed by atoms with E-state index in [1.54, 1.807) is 19.0 Å². The van der Waals surface area contributed by atoms with Crippen molar-refractivity contribution < 1.29 is 9.53 Å². The third-order valence-electron chi connectivity index (χ3n) is 4.92. The number of aliphatic imine (C=N–C) groups is 1. The van der Waals surface area contributed by atoms with Crippen LogP contribution >= 0.6 is 24.0 Å². The summed E-state index contributed by atoms with van der Waals surface area (Å²) in [5.41, 5.74) is 1.76. The van der Waals surface area contributed by atoms with E-state index in [1.807, 2.05) is 24.3 Å². The summed E-state index contributed by atoms with van der Waals surface area (Å²) in [6.45, 7) is 11.3. The van der Waals surface area contributed by atoms with Gasteiger partial charge in [0.05, 0.1) is 19.8 Å². The van der Waals surface area contributed by atoms with Gasteiger partial charge in [-0.05, 0) is 38.5 Å². The topological polar surface area (TPSA) is 69.2 Å². The van der Waals surface area contributed by atoms with Crippen molar-refractivity contribution in [3.63, 3.8) is 0 Å². The predicted molar refractivity (Wildman–Crippen MR) is 129 cm³/mol. The summed E-state index contributed by atoms with van der Waals surface area (Å²) in [6, 6.07) is 8.47. The Bertz CT molecular complexity index is 651. The Morgan fingerprint density at radius 1 is 1.31 bits per heavy atom. The largest absolute Gasteiger partial charge is 0.379 e. The number of halogens is 1. The molecule has 0 radical (unpaired) electrons. The van der Waals surface area contributed by atoms with Crippen molar-refractivity contribution in [1.29, 1.82) is 0 Å². The molecule has 2 atom stereocenters. The van der Waals surface area contributed by atoms with Crippen molar-refractivity contribution in [2.24, 2.45) is 4.99 Å². The summed E-state index contributed by atoms with van der Waals surface area (Å²) in [7, 11) is 3.51. The molecule has 1 aromatic rings. The highest BCUT2D eigenvalue weighted by Gasteiger charge is 2.23. The highest BCUT2D eigenvalue weighted by molar-refractivity contribution is 14.0. The Labute approximate surface area is 192 Å². The molecule has 7 nitrogen and oxygen atoms in total. The number of amides is 1. The highest BCUT2D eigenvalue weighted by Crippen LogP contribution is 2.10. The van der Waals surface area contributed by atoms with E-state index in [1.165, 1.54) is 0 Å². The lowest BCUT2D eigenvalue weighted by molar-refractivity contribution is -0.0174. The maximum absolute atomic E-state index is 12.0. The third kappa shape index (κ3) is 8.10. The second-order valence-electron chi connectivity index (χ2n) is 7.48. The standard InChI is InChI=1S/C21H35N5O2.HI/c1-6-22-21(23-13-16(2)26-11-12-28-15-17(26)3)24-14-18-7-9-19(10-8-18)20(27)25(4)5;/h7-10,16-17H,6,11-15H2,1-5H3,(H2,22,23,24);1H. The van der Waals surface area contributed by atoms with E-state index < -0.39 is 0 Å². The van der Waals surface area contributed by atoms with Gasteiger partial charge in [0.1, 0.15) is 0 Å². The molecule has 1 amide bonds. The van der Waals surface area contributed by atoms with Gasteiger partial charge in [-0.1, -0.05) is 12.1 Å². The van der Waals surface area contributed by atoms with E-state index in [9.17, 15) is 4.79 Å². The quantitative estimate of drug-likeness (QED) is 0.330. The second-order valence-corrected chi connectivity index (χ2v) is 7.48. The van der Waals surface area contributed by atoms with E-state index in [0.717, 1.165) is 44.4 Å². The molecular formula is C21H36IN5O2. The molecule has 1 aliphatic rings. The van der Waals surface area contributed by atoms with Gasteiger partial charge in [0.2, 0.25) is 0 Å². The smallest absolute Gasteiger partial charge is 0.253 e. The first-order chi connectivity index (χ1) is 13.4. The van der Waals surface area contributed by atoms with Crippen molar-refractivity contribution in [3.05, 3.63) is 35.4 Å². The van der Waals surface area contributed by atoms with Crippen LogP contribution in [0.25, 0.3) is 0 Å². The molecule has 2 unspecified atom stereocenters. The van der Waals surface area contributed by atoms with Gasteiger partial charge in [0, 0.05) is 51.4 Å². The normalized spacial score (nSPS) is 18.5. The minimum absolute atomic E-state index is 0. The van der Waals surface area contributed by atoms with Gasteiger partial charge >= 0.3 is 0 Å². The molecule has 0 aliphatic carbocycles. The molecule has 2 N–H and O–H groups in total. The van der Waals surface area contributed by atoms with Crippen molar-refractivity contribution in [3.8, 4) is 0 Å². The number of nitrogens with one attached hydrogen (secondary N) is 2. The van der Waals surface area contributed by atoms with Crippen molar-refractivity contribution in [2.75, 3.05) is 46.9 Å². The molecule has 1 fully saturated rings. The average Bonchev–Trinajstić information content (AvgIpc) is 2.70. The van der Waals surface area contributed by atoms with Crippen molar-refractivity contribution >= 4 is 35.8 Å². The van der Waals surface area contributed by atoms with Gasteiger partial charge in [0.15, 0.2) is 5.96 Å². The first-order valence-corrected chi connectivity index (χ1v) is 10.1. The first kappa shape index (κ1) is 25.6. The van der Waals surface area contributed by atoms with Crippen LogP contribution < -0.4 is 10.6 Å². The molecule has 2 rings (SSSR count). The molecule has 164 valence electrons. The summed E-state index contributed by atoms with van der Waals surface area (Å²) >= 11 is 0. The lowest BCUT2D eigenvalue weighted by atomic mass is 10.1. The van der Waals surface area contributed by atoms with Crippen LogP contribution in [0.1, 0.15) is 36.7 Å². The second kappa shape index (κ2) is 13.0. The van der Waals surface area contributed by atoms with Crippen LogP contribution in [-0.2, 0) is 11.3 Å². The van der Waals surface area contributed by atoms with Crippen LogP contribution in [-0.4, -0.2) is 80.7 Å². The molecule has 0 spiro atoms. The number of guanidine groups is 1. The van der Waals surface area contributed by atoms with Gasteiger partial charge in [-0.3, -0.25) is 9.69 Å². The predicted octanol–water partition coefficient (Wildman–Crippen LogP) is 2.17. The van der Waals surface area contributed by atoms with Crippen LogP contribution in [0.3, 0.4) is 0 Å². The number of benzene rings is 1. The van der Waals surface area contributed by atoms with E-state index in [2.05, 4.69) is 41.3 Å². The molecule has 0 saturated carbocycles. The Morgan fingerprint density at radius 3 is 2.59 bits per heavy atom. The van der Waals surface area contributed by atoms with Gasteiger partial charge in [0.25, 0.3) is 5.91 Å². The lowest BCUT2D eigenvalue weighted by Gasteiger charge is -2.38. The Hall–Kier alpha value is -1.39. The van der Waals surface area contributed by atoms with Crippen molar-refractivity contribution in [1.82, 2.24) is 20.4 Å². The maximum atomic E-state index is 12.0. The van der Waals surface area contributed by atoms with Gasteiger partial charge in [-0.25, -0.2) is 4.99 Å². The van der Waals surface area contributed by atoms with E-state index in [0.29, 0.717) is 24.2 Å². The average molecular weight is 517 g/mol. The zero-order valence-electron chi connectivity index (χ0n) is 18.3. The molecule has 1 heterocycles. The molecule has 0 bridgehead atoms. The summed E-state index contributed by atoms with van der Waals surface area (Å²) in [5.74, 6) is 0.820. The number of rotatable bonds is 7. The monoisotopic (exact) mass is 517 g/mol. The molecule has 29 heavy (non-hydrogen) atoms. The lowest BCUT2D eigenvalue weighted by Crippen LogP contribution is -2.53. The zero-order valence-corrected chi connectivity index (χ0v) is 20.6. The molecule has 1 aromatic carbocycles. The minimum atomic E-state index is 0. The number of ether oxygens (including phenoxy) is 1. The Balaban J connectivity index is 0.00000420. The maximum Gasteiger partial charge on any atom is 0.253 e. The van der Waals surface area contributed by atoms with Crippen LogP contribution in [0, 0.1) is 0 Å². The summed E-state index contributed by atoms with van der Waals surface area (Å²) in [6.07, 6.45) is 0. The number of nitrogens with zero attached hydrogens (tertiary/aromatic N) is 3. The van der Waals surface area contributed by atoms with Crippen molar-refractivity contribution in [2.45, 2.75) is 39.4 Å². The molecular weight excluding hydrogens is 481 g/mol. The summed E-state index contributed by atoms with van der Waals surface area (Å²) < 4.78 is 5.53. The number of hydrogen-bond donors (Lipinski definition) is 2.